The molecule has 17 heavy (non-hydrogen) atoms. The van der Waals surface area contributed by atoms with Gasteiger partial charge < -0.3 is 5.11 Å². The second-order valence-electron chi connectivity index (χ2n) is 3.67. The Kier molecular flexibility index (Phi) is 4.31. The fraction of sp³-hybridized carbons (Fsp3) is 0.167. The van der Waals surface area contributed by atoms with Crippen molar-refractivity contribution in [2.24, 2.45) is 0 Å². The number of aliphatic hydroxyl groups excluding tert-OH is 1. The molecule has 0 aliphatic carbocycles. The smallest absolute Gasteiger partial charge is 0.115 e. The van der Waals surface area contributed by atoms with Crippen molar-refractivity contribution in [3.8, 4) is 0 Å². The highest BCUT2D eigenvalue weighted by molar-refractivity contribution is 9.11. The minimum absolute atomic E-state index is 0.572. The van der Waals surface area contributed by atoms with E-state index in [-0.39, 0.29) is 0 Å². The third kappa shape index (κ3) is 2.93. The van der Waals surface area contributed by atoms with Crippen molar-refractivity contribution in [3.63, 3.8) is 0 Å². The molecule has 2 aromatic rings. The van der Waals surface area contributed by atoms with E-state index in [1.807, 2.05) is 25.1 Å². The van der Waals surface area contributed by atoms with Crippen LogP contribution in [-0.2, 0) is 0 Å². The number of halogens is 3. The van der Waals surface area contributed by atoms with Crippen molar-refractivity contribution >= 4 is 54.8 Å². The first-order valence-electron chi connectivity index (χ1n) is 4.88. The Bertz CT molecular complexity index is 534. The van der Waals surface area contributed by atoms with Gasteiger partial charge in [-0.25, -0.2) is 0 Å². The Morgan fingerprint density at radius 3 is 2.59 bits per heavy atom. The molecule has 0 radical (unpaired) electrons. The fourth-order valence-electron chi connectivity index (χ4n) is 1.50. The summed E-state index contributed by atoms with van der Waals surface area (Å²) >= 11 is 14.5. The lowest BCUT2D eigenvalue weighted by molar-refractivity contribution is 0.224. The summed E-state index contributed by atoms with van der Waals surface area (Å²) in [5.41, 5.74) is 1.84. The van der Waals surface area contributed by atoms with Crippen molar-refractivity contribution in [2.45, 2.75) is 13.0 Å². The zero-order chi connectivity index (χ0) is 12.6. The lowest BCUT2D eigenvalue weighted by Crippen LogP contribution is -1.98. The highest BCUT2D eigenvalue weighted by atomic mass is 79.9. The number of rotatable bonds is 2. The first-order chi connectivity index (χ1) is 7.99. The molecule has 1 aromatic carbocycles. The molecule has 0 saturated carbocycles. The molecular weight excluding hydrogens is 387 g/mol. The van der Waals surface area contributed by atoms with Gasteiger partial charge in [0.25, 0.3) is 0 Å². The maximum Gasteiger partial charge on any atom is 0.115 e. The highest BCUT2D eigenvalue weighted by Gasteiger charge is 2.17. The van der Waals surface area contributed by atoms with Crippen LogP contribution in [0.1, 0.15) is 22.1 Å². The molecule has 2 rings (SSSR count). The van der Waals surface area contributed by atoms with E-state index in [0.29, 0.717) is 5.02 Å². The van der Waals surface area contributed by atoms with Gasteiger partial charge in [-0.1, -0.05) is 27.5 Å². The summed E-state index contributed by atoms with van der Waals surface area (Å²) in [4.78, 5) is 0.884. The standard InChI is InChI=1S/C12H9Br2ClOS/c1-6-4-10(17-12(6)14)11(16)8-5-7(13)2-3-9(8)15/h2-5,11,16H,1H3. The van der Waals surface area contributed by atoms with Crippen LogP contribution in [0.5, 0.6) is 0 Å². The largest absolute Gasteiger partial charge is 0.383 e. The minimum atomic E-state index is -0.685. The molecule has 1 unspecified atom stereocenters. The van der Waals surface area contributed by atoms with E-state index in [4.69, 9.17) is 11.6 Å². The van der Waals surface area contributed by atoms with Crippen molar-refractivity contribution in [3.05, 3.63) is 53.6 Å². The van der Waals surface area contributed by atoms with Crippen molar-refractivity contribution in [1.82, 2.24) is 0 Å². The predicted molar refractivity (Wildman–Crippen MR) is 80.0 cm³/mol. The van der Waals surface area contributed by atoms with Crippen LogP contribution in [0.4, 0.5) is 0 Å². The van der Waals surface area contributed by atoms with E-state index < -0.39 is 6.10 Å². The van der Waals surface area contributed by atoms with Gasteiger partial charge in [-0.2, -0.15) is 0 Å². The normalized spacial score (nSPS) is 12.8. The molecule has 1 N–H and O–H groups in total. The average molecular weight is 397 g/mol. The number of benzene rings is 1. The lowest BCUT2D eigenvalue weighted by Gasteiger charge is -2.11. The molecule has 90 valence electrons. The van der Waals surface area contributed by atoms with Gasteiger partial charge in [0, 0.05) is 19.9 Å². The SMILES string of the molecule is Cc1cc(C(O)c2cc(Br)ccc2Cl)sc1Br. The first-order valence-corrected chi connectivity index (χ1v) is 7.66. The maximum atomic E-state index is 10.3. The first kappa shape index (κ1) is 13.6. The van der Waals surface area contributed by atoms with Crippen LogP contribution in [0.2, 0.25) is 5.02 Å². The predicted octanol–water partition coefficient (Wildman–Crippen LogP) is 5.32. The highest BCUT2D eigenvalue weighted by Crippen LogP contribution is 2.37. The quantitative estimate of drug-likeness (QED) is 0.729. The van der Waals surface area contributed by atoms with Crippen molar-refractivity contribution in [2.75, 3.05) is 0 Å². The maximum absolute atomic E-state index is 10.3. The number of hydrogen-bond donors (Lipinski definition) is 1. The van der Waals surface area contributed by atoms with Crippen LogP contribution < -0.4 is 0 Å². The molecule has 1 aromatic heterocycles. The van der Waals surface area contributed by atoms with E-state index >= 15 is 0 Å². The molecule has 0 fully saturated rings. The van der Waals surface area contributed by atoms with Crippen LogP contribution >= 0.6 is 54.8 Å². The second-order valence-corrected chi connectivity index (χ2v) is 7.40. The zero-order valence-electron chi connectivity index (χ0n) is 8.88. The summed E-state index contributed by atoms with van der Waals surface area (Å²) in [5.74, 6) is 0. The Morgan fingerprint density at radius 2 is 2.00 bits per heavy atom. The van der Waals surface area contributed by atoms with Crippen LogP contribution in [0.25, 0.3) is 0 Å². The zero-order valence-corrected chi connectivity index (χ0v) is 13.6. The molecule has 5 heteroatoms. The second kappa shape index (κ2) is 5.41. The topological polar surface area (TPSA) is 20.2 Å². The van der Waals surface area contributed by atoms with Gasteiger partial charge in [0.15, 0.2) is 0 Å². The molecule has 1 atom stereocenters. The summed E-state index contributed by atoms with van der Waals surface area (Å²) in [7, 11) is 0. The molecular formula is C12H9Br2ClOS. The van der Waals surface area contributed by atoms with Gasteiger partial charge in [0.1, 0.15) is 6.10 Å². The van der Waals surface area contributed by atoms with Crippen LogP contribution in [0, 0.1) is 6.92 Å². The Morgan fingerprint density at radius 1 is 1.29 bits per heavy atom. The fourth-order valence-corrected chi connectivity index (χ4v) is 3.67. The summed E-state index contributed by atoms with van der Waals surface area (Å²) in [6.45, 7) is 2.00. The van der Waals surface area contributed by atoms with Crippen LogP contribution in [-0.4, -0.2) is 5.11 Å². The summed E-state index contributed by atoms with van der Waals surface area (Å²) in [6.07, 6.45) is -0.685. The Labute approximate surface area is 126 Å². The minimum Gasteiger partial charge on any atom is -0.383 e. The average Bonchev–Trinajstić information content (AvgIpc) is 2.62. The van der Waals surface area contributed by atoms with Gasteiger partial charge in [0.05, 0.1) is 3.79 Å². The van der Waals surface area contributed by atoms with E-state index in [1.54, 1.807) is 6.07 Å². The van der Waals surface area contributed by atoms with Gasteiger partial charge in [-0.3, -0.25) is 0 Å². The van der Waals surface area contributed by atoms with Crippen molar-refractivity contribution < 1.29 is 5.11 Å². The molecule has 0 bridgehead atoms. The summed E-state index contributed by atoms with van der Waals surface area (Å²) in [6, 6.07) is 7.44. The molecule has 1 nitrogen and oxygen atoms in total. The molecule has 0 saturated heterocycles. The van der Waals surface area contributed by atoms with Gasteiger partial charge in [-0.15, -0.1) is 11.3 Å². The monoisotopic (exact) mass is 394 g/mol. The van der Waals surface area contributed by atoms with E-state index in [1.165, 1.54) is 11.3 Å². The summed E-state index contributed by atoms with van der Waals surface area (Å²) < 4.78 is 1.95. The van der Waals surface area contributed by atoms with E-state index in [0.717, 1.165) is 24.3 Å². The van der Waals surface area contributed by atoms with Crippen molar-refractivity contribution in [1.29, 1.82) is 0 Å². The number of hydrogen-bond acceptors (Lipinski definition) is 2. The molecule has 0 aliphatic heterocycles. The van der Waals surface area contributed by atoms with Crippen LogP contribution in [0.15, 0.2) is 32.5 Å². The van der Waals surface area contributed by atoms with Gasteiger partial charge >= 0.3 is 0 Å². The third-order valence-corrected chi connectivity index (χ3v) is 5.42. The number of thiophene rings is 1. The number of aryl methyl sites for hydroxylation is 1. The van der Waals surface area contributed by atoms with E-state index in [9.17, 15) is 5.11 Å². The molecule has 0 spiro atoms. The Balaban J connectivity index is 2.42. The molecule has 0 aliphatic rings. The lowest BCUT2D eigenvalue weighted by atomic mass is 10.1. The number of aliphatic hydroxyl groups is 1. The molecule has 1 heterocycles. The van der Waals surface area contributed by atoms with E-state index in [2.05, 4.69) is 31.9 Å². The van der Waals surface area contributed by atoms with Gasteiger partial charge in [0.2, 0.25) is 0 Å². The van der Waals surface area contributed by atoms with Gasteiger partial charge in [-0.05, 0) is 52.7 Å². The van der Waals surface area contributed by atoms with Crippen LogP contribution in [0.3, 0.4) is 0 Å². The summed E-state index contributed by atoms with van der Waals surface area (Å²) in [5, 5.41) is 10.9. The third-order valence-electron chi connectivity index (χ3n) is 2.40. The molecule has 0 amide bonds. The Hall–Kier alpha value is 0.130.